The Kier molecular flexibility index (Phi) is 6.09. The molecule has 0 saturated carbocycles. The van der Waals surface area contributed by atoms with Crippen molar-refractivity contribution in [1.82, 2.24) is 4.90 Å². The first-order valence-electron chi connectivity index (χ1n) is 11.5. The number of ether oxygens (including phenoxy) is 2. The van der Waals surface area contributed by atoms with Gasteiger partial charge < -0.3 is 9.47 Å². The van der Waals surface area contributed by atoms with Gasteiger partial charge >= 0.3 is 5.97 Å². The summed E-state index contributed by atoms with van der Waals surface area (Å²) < 4.78 is 11.0. The van der Waals surface area contributed by atoms with E-state index in [-0.39, 0.29) is 16.9 Å². The van der Waals surface area contributed by atoms with Crippen LogP contribution in [0.25, 0.3) is 22.9 Å². The minimum atomic E-state index is -1.10. The highest BCUT2D eigenvalue weighted by atomic mass is 16.6. The molecule has 5 rings (SSSR count). The summed E-state index contributed by atoms with van der Waals surface area (Å²) >= 11 is 0. The Labute approximate surface area is 208 Å². The Bertz CT molecular complexity index is 1500. The van der Waals surface area contributed by atoms with Crippen LogP contribution in [0.3, 0.4) is 0 Å². The Balaban J connectivity index is 1.34. The van der Waals surface area contributed by atoms with Crippen molar-refractivity contribution in [2.45, 2.75) is 13.0 Å². The van der Waals surface area contributed by atoms with E-state index in [1.807, 2.05) is 36.4 Å². The summed E-state index contributed by atoms with van der Waals surface area (Å²) in [5.41, 5.74) is 2.49. The Morgan fingerprint density at radius 3 is 2.19 bits per heavy atom. The van der Waals surface area contributed by atoms with E-state index in [9.17, 15) is 14.4 Å². The number of carbonyl (C=O) groups is 3. The highest BCUT2D eigenvalue weighted by Gasteiger charge is 2.41. The summed E-state index contributed by atoms with van der Waals surface area (Å²) in [5, 5.41) is 2.31. The van der Waals surface area contributed by atoms with Crippen LogP contribution < -0.4 is 9.47 Å². The van der Waals surface area contributed by atoms with E-state index >= 15 is 0 Å². The number of imide groups is 1. The van der Waals surface area contributed by atoms with E-state index in [4.69, 9.17) is 9.47 Å². The molecule has 1 aliphatic heterocycles. The van der Waals surface area contributed by atoms with Crippen LogP contribution in [0, 0.1) is 0 Å². The second-order valence-electron chi connectivity index (χ2n) is 8.43. The number of esters is 1. The van der Waals surface area contributed by atoms with E-state index in [2.05, 4.69) is 18.2 Å². The topological polar surface area (TPSA) is 72.9 Å². The van der Waals surface area contributed by atoms with E-state index < -0.39 is 23.8 Å². The predicted molar refractivity (Wildman–Crippen MR) is 138 cm³/mol. The van der Waals surface area contributed by atoms with Crippen molar-refractivity contribution >= 4 is 40.7 Å². The van der Waals surface area contributed by atoms with Gasteiger partial charge in [0.1, 0.15) is 6.04 Å². The number of hydrogen-bond donors (Lipinski definition) is 0. The smallest absolute Gasteiger partial charge is 0.334 e. The maximum absolute atomic E-state index is 12.9. The quantitative estimate of drug-likeness (QED) is 0.156. The number of benzene rings is 4. The summed E-state index contributed by atoms with van der Waals surface area (Å²) in [6.07, 6.45) is 3.98. The lowest BCUT2D eigenvalue weighted by Crippen LogP contribution is -2.44. The summed E-state index contributed by atoms with van der Waals surface area (Å²) in [7, 11) is 1.48. The zero-order chi connectivity index (χ0) is 25.2. The second-order valence-corrected chi connectivity index (χ2v) is 8.43. The summed E-state index contributed by atoms with van der Waals surface area (Å²) in [5.74, 6) is -1.20. The number of amides is 2. The van der Waals surface area contributed by atoms with Gasteiger partial charge in [0, 0.05) is 0 Å². The third kappa shape index (κ3) is 4.14. The molecule has 178 valence electrons. The highest BCUT2D eigenvalue weighted by molar-refractivity contribution is 6.22. The number of nitrogens with zero attached hydrogens (tertiary/aromatic N) is 1. The largest absolute Gasteiger partial charge is 0.493 e. The van der Waals surface area contributed by atoms with Crippen LogP contribution >= 0.6 is 0 Å². The van der Waals surface area contributed by atoms with Crippen LogP contribution in [0.4, 0.5) is 0 Å². The van der Waals surface area contributed by atoms with Gasteiger partial charge in [0.15, 0.2) is 11.5 Å². The molecule has 1 aliphatic rings. The van der Waals surface area contributed by atoms with Crippen LogP contribution in [0.2, 0.25) is 0 Å². The van der Waals surface area contributed by atoms with Crippen LogP contribution in [-0.2, 0) is 4.79 Å². The monoisotopic (exact) mass is 477 g/mol. The Morgan fingerprint density at radius 1 is 0.806 bits per heavy atom. The van der Waals surface area contributed by atoms with Crippen molar-refractivity contribution < 1.29 is 23.9 Å². The molecular formula is C30H23NO5. The number of carbonyl (C=O) groups excluding carboxylic acids is 3. The summed E-state index contributed by atoms with van der Waals surface area (Å²) in [6.45, 7) is 1.47. The first-order valence-corrected chi connectivity index (χ1v) is 11.5. The molecule has 6 heteroatoms. The average molecular weight is 478 g/mol. The maximum atomic E-state index is 12.9. The molecule has 4 aromatic rings. The molecule has 0 aromatic heterocycles. The molecule has 0 N–H and O–H groups in total. The van der Waals surface area contributed by atoms with E-state index in [0.717, 1.165) is 26.8 Å². The normalized spacial score (nSPS) is 13.8. The highest BCUT2D eigenvalue weighted by Crippen LogP contribution is 2.31. The molecule has 0 spiro atoms. The van der Waals surface area contributed by atoms with E-state index in [1.165, 1.54) is 14.0 Å². The third-order valence-electron chi connectivity index (χ3n) is 6.23. The molecule has 0 radical (unpaired) electrons. The lowest BCUT2D eigenvalue weighted by Gasteiger charge is -2.21. The number of hydrogen-bond acceptors (Lipinski definition) is 5. The molecule has 0 bridgehead atoms. The van der Waals surface area contributed by atoms with Gasteiger partial charge in [-0.1, -0.05) is 72.8 Å². The molecule has 1 unspecified atom stereocenters. The second kappa shape index (κ2) is 9.50. The first-order chi connectivity index (χ1) is 17.5. The predicted octanol–water partition coefficient (Wildman–Crippen LogP) is 5.61. The molecule has 0 fully saturated rings. The first kappa shape index (κ1) is 23.1. The van der Waals surface area contributed by atoms with E-state index in [1.54, 1.807) is 42.5 Å². The van der Waals surface area contributed by atoms with Gasteiger partial charge in [-0.05, 0) is 53.1 Å². The minimum Gasteiger partial charge on any atom is -0.493 e. The fourth-order valence-electron chi connectivity index (χ4n) is 4.31. The van der Waals surface area contributed by atoms with Crippen molar-refractivity contribution in [3.8, 4) is 11.5 Å². The SMILES string of the molecule is COc1cc(/C=C/c2cccc3ccccc23)ccc1OC(=O)C(C)N1C(=O)c2ccccc2C1=O. The van der Waals surface area contributed by atoms with Crippen molar-refractivity contribution in [2.24, 2.45) is 0 Å². The van der Waals surface area contributed by atoms with Gasteiger partial charge in [-0.2, -0.15) is 0 Å². The van der Waals surface area contributed by atoms with Gasteiger partial charge in [0.25, 0.3) is 11.8 Å². The average Bonchev–Trinajstić information content (AvgIpc) is 3.17. The van der Waals surface area contributed by atoms with Gasteiger partial charge in [-0.25, -0.2) is 4.79 Å². The fourth-order valence-corrected chi connectivity index (χ4v) is 4.31. The molecule has 6 nitrogen and oxygen atoms in total. The zero-order valence-corrected chi connectivity index (χ0v) is 19.8. The molecule has 0 aliphatic carbocycles. The molecule has 0 saturated heterocycles. The maximum Gasteiger partial charge on any atom is 0.334 e. The van der Waals surface area contributed by atoms with Crippen molar-refractivity contribution in [1.29, 1.82) is 0 Å². The lowest BCUT2D eigenvalue weighted by molar-refractivity contribution is -0.138. The zero-order valence-electron chi connectivity index (χ0n) is 19.8. The molecule has 2 amide bonds. The molecule has 4 aromatic carbocycles. The number of methoxy groups -OCH3 is 1. The van der Waals surface area contributed by atoms with Crippen molar-refractivity contribution in [2.75, 3.05) is 7.11 Å². The molecule has 1 heterocycles. The Morgan fingerprint density at radius 2 is 1.47 bits per heavy atom. The molecule has 1 atom stereocenters. The van der Waals surface area contributed by atoms with Crippen LogP contribution in [0.15, 0.2) is 84.9 Å². The van der Waals surface area contributed by atoms with E-state index in [0.29, 0.717) is 5.75 Å². The number of rotatable bonds is 6. The summed E-state index contributed by atoms with van der Waals surface area (Å²) in [6, 6.07) is 24.9. The number of fused-ring (bicyclic) bond motifs is 2. The minimum absolute atomic E-state index is 0.202. The van der Waals surface area contributed by atoms with Crippen molar-refractivity contribution in [3.05, 3.63) is 107 Å². The molecule has 36 heavy (non-hydrogen) atoms. The van der Waals surface area contributed by atoms with Crippen LogP contribution in [0.1, 0.15) is 38.8 Å². The van der Waals surface area contributed by atoms with Crippen molar-refractivity contribution in [3.63, 3.8) is 0 Å². The Hall–Kier alpha value is -4.71. The van der Waals surface area contributed by atoms with Gasteiger partial charge in [-0.3, -0.25) is 14.5 Å². The lowest BCUT2D eigenvalue weighted by atomic mass is 10.0. The standard InChI is InChI=1S/C30H23NO5/c1-19(31-28(32)24-12-5-6-13-25(24)29(31)33)30(34)36-26-17-15-20(18-27(26)35-2)14-16-22-10-7-9-21-8-3-4-11-23(21)22/h3-19H,1-2H3/b16-14+. The van der Waals surface area contributed by atoms with Gasteiger partial charge in [-0.15, -0.1) is 0 Å². The third-order valence-corrected chi connectivity index (χ3v) is 6.23. The van der Waals surface area contributed by atoms with Gasteiger partial charge in [0.2, 0.25) is 0 Å². The molecular weight excluding hydrogens is 454 g/mol. The fraction of sp³-hybridized carbons (Fsp3) is 0.100. The summed E-state index contributed by atoms with van der Waals surface area (Å²) in [4.78, 5) is 39.2. The van der Waals surface area contributed by atoms with Crippen LogP contribution in [-0.4, -0.2) is 35.8 Å². The van der Waals surface area contributed by atoms with Crippen LogP contribution in [0.5, 0.6) is 11.5 Å². The van der Waals surface area contributed by atoms with Gasteiger partial charge in [0.05, 0.1) is 18.2 Å².